The monoisotopic (exact) mass is 202 g/mol. The molecule has 0 aliphatic heterocycles. The molecule has 1 rings (SSSR count). The normalized spacial score (nSPS) is 10.1. The van der Waals surface area contributed by atoms with Gasteiger partial charge in [-0.05, 0) is 0 Å². The van der Waals surface area contributed by atoms with Crippen molar-refractivity contribution in [2.24, 2.45) is 5.84 Å². The van der Waals surface area contributed by atoms with Crippen LogP contribution < -0.4 is 43.4 Å². The molecule has 1 aromatic rings. The van der Waals surface area contributed by atoms with Crippen LogP contribution in [0.3, 0.4) is 0 Å². The zero-order valence-corrected chi connectivity index (χ0v) is 8.53. The van der Waals surface area contributed by atoms with Crippen molar-refractivity contribution < 1.29 is 9.36 Å². The minimum absolute atomic E-state index is 0.0628. The molecule has 1 aromatic heterocycles. The number of nitrogens with one attached hydrogen (secondary N) is 1. The first-order valence-electron chi connectivity index (χ1n) is 4.30. The molecule has 0 fully saturated rings. The van der Waals surface area contributed by atoms with Crippen molar-refractivity contribution in [3.8, 4) is 0 Å². The van der Waals surface area contributed by atoms with E-state index in [9.17, 15) is 4.79 Å². The molecule has 0 aliphatic carbocycles. The molecule has 0 aromatic carbocycles. The standard InChI is InChI=1S/C7H4B5N3O/c8-3-4(9)6(11)15(1-2(16)14-13)7(12)5(3)10/h1,13H2/p+1. The van der Waals surface area contributed by atoms with Crippen LogP contribution in [-0.4, -0.2) is 45.1 Å². The van der Waals surface area contributed by atoms with Crippen molar-refractivity contribution in [2.75, 3.05) is 0 Å². The molecular formula is C7H5B5N3O+. The van der Waals surface area contributed by atoms with Gasteiger partial charge in [-0.15, -0.1) is 5.46 Å². The van der Waals surface area contributed by atoms with E-state index in [4.69, 9.17) is 45.1 Å². The van der Waals surface area contributed by atoms with Crippen LogP contribution in [0.25, 0.3) is 0 Å². The van der Waals surface area contributed by atoms with E-state index >= 15 is 0 Å². The number of nitrogens with zero attached hydrogens (tertiary/aromatic N) is 1. The molecular weight excluding hydrogens is 196 g/mol. The lowest BCUT2D eigenvalue weighted by molar-refractivity contribution is -0.648. The zero-order chi connectivity index (χ0) is 12.5. The van der Waals surface area contributed by atoms with Crippen molar-refractivity contribution in [2.45, 2.75) is 6.54 Å². The number of amides is 1. The highest BCUT2D eigenvalue weighted by Gasteiger charge is 2.19. The van der Waals surface area contributed by atoms with E-state index in [0.29, 0.717) is 0 Å². The molecule has 0 aliphatic rings. The Morgan fingerprint density at radius 2 is 1.50 bits per heavy atom. The summed E-state index contributed by atoms with van der Waals surface area (Å²) in [5.41, 5.74) is 2.32. The number of nitrogens with two attached hydrogens (primary N) is 1. The second-order valence-electron chi connectivity index (χ2n) is 3.17. The Labute approximate surface area is 100 Å². The molecule has 0 unspecified atom stereocenters. The summed E-state index contributed by atoms with van der Waals surface area (Å²) in [5, 5.41) is 0. The average molecular weight is 201 g/mol. The average Bonchev–Trinajstić information content (AvgIpc) is 2.29. The van der Waals surface area contributed by atoms with Crippen LogP contribution in [0.4, 0.5) is 0 Å². The van der Waals surface area contributed by atoms with Crippen LogP contribution >= 0.6 is 0 Å². The third kappa shape index (κ3) is 2.19. The van der Waals surface area contributed by atoms with Gasteiger partial charge in [0, 0.05) is 0 Å². The summed E-state index contributed by atoms with van der Waals surface area (Å²) in [6.07, 6.45) is 0. The lowest BCUT2D eigenvalue weighted by atomic mass is 9.66. The highest BCUT2D eigenvalue weighted by atomic mass is 16.2. The highest BCUT2D eigenvalue weighted by Crippen LogP contribution is 1.64. The Kier molecular flexibility index (Phi) is 3.91. The SMILES string of the molecule is [B]c1c([B])c([B])[n+](CC(=O)NN)c([B])c1[B]. The van der Waals surface area contributed by atoms with E-state index in [2.05, 4.69) is 0 Å². The maximum atomic E-state index is 11.1. The van der Waals surface area contributed by atoms with Crippen LogP contribution in [0.15, 0.2) is 0 Å². The molecule has 0 spiro atoms. The first kappa shape index (κ1) is 13.0. The second kappa shape index (κ2) is 4.83. The highest BCUT2D eigenvalue weighted by molar-refractivity contribution is 6.64. The molecule has 1 heterocycles. The van der Waals surface area contributed by atoms with Gasteiger partial charge in [-0.3, -0.25) is 10.2 Å². The lowest BCUT2D eigenvalue weighted by Gasteiger charge is -2.14. The van der Waals surface area contributed by atoms with Gasteiger partial charge in [0.15, 0.2) is 0 Å². The van der Waals surface area contributed by atoms with Crippen molar-refractivity contribution in [3.63, 3.8) is 0 Å². The number of hydrazine groups is 1. The number of hydrogen-bond donors (Lipinski definition) is 2. The number of aromatic nitrogens is 1. The topological polar surface area (TPSA) is 59.0 Å². The van der Waals surface area contributed by atoms with Gasteiger partial charge in [0.05, 0.1) is 0 Å². The van der Waals surface area contributed by atoms with Crippen molar-refractivity contribution in [1.82, 2.24) is 5.43 Å². The number of pyridine rings is 1. The fraction of sp³-hybridized carbons (Fsp3) is 0.143. The molecule has 16 heavy (non-hydrogen) atoms. The number of carbonyl (C=O) groups excluding carboxylic acids is 1. The zero-order valence-electron chi connectivity index (χ0n) is 8.53. The van der Waals surface area contributed by atoms with E-state index in [0.717, 1.165) is 0 Å². The maximum absolute atomic E-state index is 11.1. The molecule has 0 saturated heterocycles. The molecule has 3 N–H and O–H groups in total. The molecule has 0 bridgehead atoms. The third-order valence-corrected chi connectivity index (χ3v) is 2.18. The van der Waals surface area contributed by atoms with E-state index in [1.165, 1.54) is 4.57 Å². The van der Waals surface area contributed by atoms with Crippen LogP contribution in [0.1, 0.15) is 0 Å². The van der Waals surface area contributed by atoms with Crippen LogP contribution in [0, 0.1) is 0 Å². The Bertz CT molecular complexity index is 421. The summed E-state index contributed by atoms with van der Waals surface area (Å²) in [6, 6.07) is 0. The van der Waals surface area contributed by atoms with Crippen molar-refractivity contribution in [1.29, 1.82) is 0 Å². The van der Waals surface area contributed by atoms with E-state index in [1.54, 1.807) is 0 Å². The first-order valence-corrected chi connectivity index (χ1v) is 4.30. The quantitative estimate of drug-likeness (QED) is 0.164. The second-order valence-corrected chi connectivity index (χ2v) is 3.17. The maximum Gasteiger partial charge on any atom is 0.299 e. The van der Waals surface area contributed by atoms with Gasteiger partial charge in [-0.25, -0.2) is 10.4 Å². The predicted molar refractivity (Wildman–Crippen MR) is 65.9 cm³/mol. The van der Waals surface area contributed by atoms with Gasteiger partial charge in [-0.1, -0.05) is 10.9 Å². The van der Waals surface area contributed by atoms with E-state index in [-0.39, 0.29) is 34.1 Å². The lowest BCUT2D eigenvalue weighted by Crippen LogP contribution is -2.75. The number of carbonyl (C=O) groups is 1. The minimum atomic E-state index is -0.494. The van der Waals surface area contributed by atoms with Gasteiger partial charge in [0.2, 0.25) is 22.2 Å². The Balaban J connectivity index is 3.34. The first-order chi connectivity index (χ1) is 7.40. The third-order valence-electron chi connectivity index (χ3n) is 2.18. The number of rotatable bonds is 2. The molecule has 1 amide bonds. The summed E-state index contributed by atoms with van der Waals surface area (Å²) in [6.45, 7) is -0.192. The van der Waals surface area contributed by atoms with Crippen molar-refractivity contribution >= 4 is 72.7 Å². The minimum Gasteiger partial charge on any atom is -0.289 e. The molecule has 10 radical (unpaired) electrons. The van der Waals surface area contributed by atoms with Gasteiger partial charge in [0.1, 0.15) is 34.7 Å². The summed E-state index contributed by atoms with van der Waals surface area (Å²) >= 11 is 0. The molecule has 4 nitrogen and oxygen atoms in total. The predicted octanol–water partition coefficient (Wildman–Crippen LogP) is -7.07. The summed E-state index contributed by atoms with van der Waals surface area (Å²) in [4.78, 5) is 11.1. The van der Waals surface area contributed by atoms with Gasteiger partial charge in [0.25, 0.3) is 5.91 Å². The van der Waals surface area contributed by atoms with Crippen LogP contribution in [-0.2, 0) is 11.3 Å². The largest absolute Gasteiger partial charge is 0.299 e. The van der Waals surface area contributed by atoms with E-state index < -0.39 is 5.91 Å². The summed E-state index contributed by atoms with van der Waals surface area (Å²) < 4.78 is 1.23. The van der Waals surface area contributed by atoms with Crippen LogP contribution in [0.5, 0.6) is 0 Å². The Morgan fingerprint density at radius 3 is 1.88 bits per heavy atom. The molecule has 0 saturated carbocycles. The Morgan fingerprint density at radius 1 is 1.06 bits per heavy atom. The molecule has 68 valence electrons. The number of hydrogen-bond acceptors (Lipinski definition) is 2. The molecule has 9 heteroatoms. The molecule has 0 atom stereocenters. The van der Waals surface area contributed by atoms with E-state index in [1.807, 2.05) is 5.43 Å². The van der Waals surface area contributed by atoms with Crippen LogP contribution in [0.2, 0.25) is 0 Å². The smallest absolute Gasteiger partial charge is 0.289 e. The fourth-order valence-electron chi connectivity index (χ4n) is 1.20. The van der Waals surface area contributed by atoms with Gasteiger partial charge in [-0.2, -0.15) is 0 Å². The summed E-state index contributed by atoms with van der Waals surface area (Å²) in [7, 11) is 28.1. The summed E-state index contributed by atoms with van der Waals surface area (Å²) in [5.74, 6) is 4.45. The van der Waals surface area contributed by atoms with Crippen molar-refractivity contribution in [3.05, 3.63) is 0 Å². The fourth-order valence-corrected chi connectivity index (χ4v) is 1.20. The Hall–Kier alpha value is -1.10. The van der Waals surface area contributed by atoms with Gasteiger partial charge >= 0.3 is 0 Å². The van der Waals surface area contributed by atoms with Gasteiger partial charge < -0.3 is 0 Å².